The van der Waals surface area contributed by atoms with Crippen LogP contribution in [0.1, 0.15) is 13.3 Å². The molecular weight excluding hydrogens is 362 g/mol. The van der Waals surface area contributed by atoms with E-state index in [1.165, 1.54) is 0 Å². The van der Waals surface area contributed by atoms with E-state index >= 15 is 0 Å². The first-order valence-corrected chi connectivity index (χ1v) is 11.4. The largest absolute Gasteiger partial charge is 0.279 e. The fourth-order valence-electron chi connectivity index (χ4n) is 2.72. The van der Waals surface area contributed by atoms with Crippen LogP contribution in [0.4, 0.5) is 5.69 Å². The number of hydrogen-bond donors (Lipinski definition) is 1. The Morgan fingerprint density at radius 1 is 0.769 bits per heavy atom. The molecule has 3 rings (SSSR count). The zero-order valence-electron chi connectivity index (χ0n) is 14.6. The summed E-state index contributed by atoms with van der Waals surface area (Å²) in [5.74, 6) is 0.117. The summed E-state index contributed by atoms with van der Waals surface area (Å²) in [4.78, 5) is 3.28. The zero-order chi connectivity index (χ0) is 18.4. The highest BCUT2D eigenvalue weighted by atomic mass is 32.2. The Balaban J connectivity index is 2.11. The third-order valence-electron chi connectivity index (χ3n) is 3.80. The van der Waals surface area contributed by atoms with Gasteiger partial charge in [0.2, 0.25) is 10.0 Å². The Hall–Kier alpha value is -2.24. The van der Waals surface area contributed by atoms with Gasteiger partial charge in [-0.2, -0.15) is 0 Å². The standard InChI is InChI=1S/C21H22NO2S2/c1-2-17-26(23,24)22-20-15-9-10-16-21(20)25(18-11-5-3-6-12-18)19-13-7-4-8-14-19/h3-16,22H,2,17H2,1H3/q+1. The van der Waals surface area contributed by atoms with E-state index in [1.54, 1.807) is 0 Å². The predicted molar refractivity (Wildman–Crippen MR) is 109 cm³/mol. The molecule has 0 heterocycles. The molecule has 134 valence electrons. The molecule has 5 heteroatoms. The molecular formula is C21H22NO2S2+. The van der Waals surface area contributed by atoms with Gasteiger partial charge in [0.05, 0.1) is 5.75 Å². The van der Waals surface area contributed by atoms with Crippen molar-refractivity contribution in [1.82, 2.24) is 0 Å². The number of anilines is 1. The summed E-state index contributed by atoms with van der Waals surface area (Å²) in [7, 11) is -3.74. The molecule has 0 amide bonds. The van der Waals surface area contributed by atoms with Gasteiger partial charge in [-0.25, -0.2) is 8.42 Å². The Morgan fingerprint density at radius 2 is 1.27 bits per heavy atom. The zero-order valence-corrected chi connectivity index (χ0v) is 16.3. The lowest BCUT2D eigenvalue weighted by atomic mass is 10.3. The lowest BCUT2D eigenvalue weighted by Crippen LogP contribution is -2.18. The predicted octanol–water partition coefficient (Wildman–Crippen LogP) is 4.93. The highest BCUT2D eigenvalue weighted by molar-refractivity contribution is 7.97. The van der Waals surface area contributed by atoms with Crippen molar-refractivity contribution in [3.8, 4) is 0 Å². The molecule has 0 fully saturated rings. The molecule has 0 saturated carbocycles. The number of rotatable bonds is 7. The number of nitrogens with one attached hydrogen (secondary N) is 1. The number of benzene rings is 3. The van der Waals surface area contributed by atoms with Crippen molar-refractivity contribution < 1.29 is 8.42 Å². The highest BCUT2D eigenvalue weighted by Gasteiger charge is 2.31. The van der Waals surface area contributed by atoms with Gasteiger partial charge >= 0.3 is 0 Å². The molecule has 3 aromatic carbocycles. The molecule has 26 heavy (non-hydrogen) atoms. The fourth-order valence-corrected chi connectivity index (χ4v) is 6.13. The molecule has 0 radical (unpaired) electrons. The van der Waals surface area contributed by atoms with Gasteiger partial charge in [0.1, 0.15) is 16.6 Å². The summed E-state index contributed by atoms with van der Waals surface area (Å²) in [5, 5.41) is 0. The van der Waals surface area contributed by atoms with Crippen LogP contribution in [0, 0.1) is 0 Å². The van der Waals surface area contributed by atoms with E-state index in [-0.39, 0.29) is 5.75 Å². The van der Waals surface area contributed by atoms with Gasteiger partial charge in [0, 0.05) is 0 Å². The topological polar surface area (TPSA) is 46.2 Å². The highest BCUT2D eigenvalue weighted by Crippen LogP contribution is 2.35. The van der Waals surface area contributed by atoms with Crippen molar-refractivity contribution in [3.63, 3.8) is 0 Å². The maximum atomic E-state index is 12.3. The van der Waals surface area contributed by atoms with Crippen molar-refractivity contribution >= 4 is 26.6 Å². The first-order valence-electron chi connectivity index (χ1n) is 8.54. The Morgan fingerprint density at radius 3 is 1.81 bits per heavy atom. The fraction of sp³-hybridized carbons (Fsp3) is 0.143. The smallest absolute Gasteiger partial charge is 0.232 e. The van der Waals surface area contributed by atoms with Crippen molar-refractivity contribution in [2.24, 2.45) is 0 Å². The van der Waals surface area contributed by atoms with Gasteiger partial charge in [0.25, 0.3) is 0 Å². The number of para-hydroxylation sites is 1. The minimum atomic E-state index is -3.35. The molecule has 0 unspecified atom stereocenters. The lowest BCUT2D eigenvalue weighted by molar-refractivity contribution is 0.600. The van der Waals surface area contributed by atoms with Crippen LogP contribution in [0.15, 0.2) is 99.6 Å². The SMILES string of the molecule is CCCS(=O)(=O)Nc1ccccc1[S+](c1ccccc1)c1ccccc1. The van der Waals surface area contributed by atoms with Crippen LogP contribution in [0.2, 0.25) is 0 Å². The van der Waals surface area contributed by atoms with Crippen LogP contribution in [-0.2, 0) is 20.9 Å². The second kappa shape index (κ2) is 8.43. The summed E-state index contributed by atoms with van der Waals surface area (Å²) in [6.07, 6.45) is 0.584. The lowest BCUT2D eigenvalue weighted by Gasteiger charge is -2.13. The summed E-state index contributed by atoms with van der Waals surface area (Å²) in [6, 6.07) is 28.1. The van der Waals surface area contributed by atoms with E-state index in [0.717, 1.165) is 14.7 Å². The van der Waals surface area contributed by atoms with E-state index in [2.05, 4.69) is 29.0 Å². The van der Waals surface area contributed by atoms with Crippen LogP contribution < -0.4 is 4.72 Å². The van der Waals surface area contributed by atoms with Gasteiger partial charge in [-0.15, -0.1) is 0 Å². The first kappa shape index (κ1) is 18.5. The van der Waals surface area contributed by atoms with Gasteiger partial charge in [-0.3, -0.25) is 4.72 Å². The molecule has 3 aromatic rings. The maximum Gasteiger partial charge on any atom is 0.232 e. The van der Waals surface area contributed by atoms with Crippen molar-refractivity contribution in [3.05, 3.63) is 84.9 Å². The molecule has 0 atom stereocenters. The molecule has 0 saturated heterocycles. The van der Waals surface area contributed by atoms with E-state index in [0.29, 0.717) is 12.1 Å². The van der Waals surface area contributed by atoms with Crippen molar-refractivity contribution in [1.29, 1.82) is 0 Å². The van der Waals surface area contributed by atoms with Crippen LogP contribution in [0.5, 0.6) is 0 Å². The summed E-state index contributed by atoms with van der Waals surface area (Å²) in [5.41, 5.74) is 0.650. The average molecular weight is 385 g/mol. The van der Waals surface area contributed by atoms with Crippen LogP contribution in [0.3, 0.4) is 0 Å². The Bertz CT molecular complexity index is 903. The minimum Gasteiger partial charge on any atom is -0.279 e. The van der Waals surface area contributed by atoms with E-state index in [4.69, 9.17) is 0 Å². The van der Waals surface area contributed by atoms with Crippen molar-refractivity contribution in [2.45, 2.75) is 28.0 Å². The average Bonchev–Trinajstić information content (AvgIpc) is 2.65. The summed E-state index contributed by atoms with van der Waals surface area (Å²) < 4.78 is 27.5. The molecule has 0 spiro atoms. The molecule has 0 bridgehead atoms. The van der Waals surface area contributed by atoms with E-state index in [1.807, 2.05) is 67.6 Å². The quantitative estimate of drug-likeness (QED) is 0.587. The maximum absolute atomic E-state index is 12.3. The van der Waals surface area contributed by atoms with E-state index in [9.17, 15) is 8.42 Å². The van der Waals surface area contributed by atoms with Gasteiger partial charge in [0.15, 0.2) is 14.7 Å². The number of sulfonamides is 1. The first-order chi connectivity index (χ1) is 12.6. The van der Waals surface area contributed by atoms with Crippen LogP contribution >= 0.6 is 0 Å². The molecule has 0 aliphatic carbocycles. The minimum absolute atomic E-state index is 0.117. The molecule has 0 aliphatic heterocycles. The van der Waals surface area contributed by atoms with Crippen LogP contribution in [-0.4, -0.2) is 14.2 Å². The number of hydrogen-bond acceptors (Lipinski definition) is 2. The van der Waals surface area contributed by atoms with Gasteiger partial charge in [-0.05, 0) is 42.8 Å². The third-order valence-corrected chi connectivity index (χ3v) is 7.56. The normalized spacial score (nSPS) is 11.5. The second-order valence-electron chi connectivity index (χ2n) is 5.85. The molecule has 3 nitrogen and oxygen atoms in total. The summed E-state index contributed by atoms with van der Waals surface area (Å²) >= 11 is 0. The second-order valence-corrected chi connectivity index (χ2v) is 9.69. The Kier molecular flexibility index (Phi) is 6.01. The van der Waals surface area contributed by atoms with E-state index < -0.39 is 20.9 Å². The summed E-state index contributed by atoms with van der Waals surface area (Å²) in [6.45, 7) is 1.86. The molecule has 0 aliphatic rings. The molecule has 0 aromatic heterocycles. The monoisotopic (exact) mass is 384 g/mol. The van der Waals surface area contributed by atoms with Gasteiger partial charge in [-0.1, -0.05) is 55.5 Å². The van der Waals surface area contributed by atoms with Crippen molar-refractivity contribution in [2.75, 3.05) is 10.5 Å². The van der Waals surface area contributed by atoms with Crippen LogP contribution in [0.25, 0.3) is 0 Å². The van der Waals surface area contributed by atoms with Gasteiger partial charge < -0.3 is 0 Å². The Labute approximate surface area is 158 Å². The third kappa shape index (κ3) is 4.48. The molecule has 1 N–H and O–H groups in total.